The number of nitrogens with one attached hydrogen (secondary N) is 1. The fourth-order valence-electron chi connectivity index (χ4n) is 6.39. The molecule has 3 aliphatic heterocycles. The highest BCUT2D eigenvalue weighted by Gasteiger charge is 2.31. The molecule has 1 aromatic heterocycles. The van der Waals surface area contributed by atoms with E-state index in [-0.39, 0.29) is 12.0 Å². The standard InChI is InChI=1S/C34H43N7O3/c1-34(2,3)32(42)44-26-18-23-8-5-6-10-27(23)30(19-26)40-16-12-28-29(21-40)37-33(43-22-25-9-7-15-39(25)4)38-31(28)41-17-14-36-24(20-41)11-13-35/h5-6,8,10,18-19,24-25,36H,7,9,11-12,14-17,20-22H2,1-4H3/t24?,25-/m1/s1. The predicted molar refractivity (Wildman–Crippen MR) is 171 cm³/mol. The minimum absolute atomic E-state index is 0.0980. The number of likely N-dealkylation sites (tertiary alicyclic amines) is 1. The van der Waals surface area contributed by atoms with Gasteiger partial charge in [0.25, 0.3) is 0 Å². The van der Waals surface area contributed by atoms with Crippen LogP contribution in [-0.4, -0.2) is 79.3 Å². The number of nitrogens with zero attached hydrogens (tertiary/aromatic N) is 6. The predicted octanol–water partition coefficient (Wildman–Crippen LogP) is 4.31. The second kappa shape index (κ2) is 12.6. The molecule has 2 atom stereocenters. The van der Waals surface area contributed by atoms with Gasteiger partial charge in [-0.1, -0.05) is 24.3 Å². The van der Waals surface area contributed by atoms with Crippen molar-refractivity contribution in [2.24, 2.45) is 5.41 Å². The fraction of sp³-hybridized carbons (Fsp3) is 0.529. The Kier molecular flexibility index (Phi) is 8.61. The topological polar surface area (TPSA) is 107 Å². The van der Waals surface area contributed by atoms with Gasteiger partial charge in [0.15, 0.2) is 0 Å². The number of nitriles is 1. The molecule has 1 unspecified atom stereocenters. The number of rotatable bonds is 7. The Morgan fingerprint density at radius 3 is 2.75 bits per heavy atom. The first-order valence-corrected chi connectivity index (χ1v) is 15.8. The Balaban J connectivity index is 1.34. The summed E-state index contributed by atoms with van der Waals surface area (Å²) >= 11 is 0. The minimum Gasteiger partial charge on any atom is -0.462 e. The Morgan fingerprint density at radius 2 is 1.98 bits per heavy atom. The summed E-state index contributed by atoms with van der Waals surface area (Å²) in [6.07, 6.45) is 3.51. The average Bonchev–Trinajstić information content (AvgIpc) is 3.43. The van der Waals surface area contributed by atoms with E-state index >= 15 is 0 Å². The number of esters is 1. The van der Waals surface area contributed by atoms with Crippen molar-refractivity contribution >= 4 is 28.2 Å². The fourth-order valence-corrected chi connectivity index (χ4v) is 6.39. The second-order valence-corrected chi connectivity index (χ2v) is 13.3. The lowest BCUT2D eigenvalue weighted by Gasteiger charge is -2.37. The van der Waals surface area contributed by atoms with E-state index in [0.717, 1.165) is 79.1 Å². The van der Waals surface area contributed by atoms with Crippen LogP contribution in [0.25, 0.3) is 10.8 Å². The maximum atomic E-state index is 12.8. The van der Waals surface area contributed by atoms with Crippen LogP contribution in [0.4, 0.5) is 11.5 Å². The highest BCUT2D eigenvalue weighted by atomic mass is 16.5. The molecular weight excluding hydrogens is 554 g/mol. The van der Waals surface area contributed by atoms with E-state index in [1.807, 2.05) is 45.0 Å². The number of piperazine rings is 1. The molecule has 4 heterocycles. The number of hydrogen-bond acceptors (Lipinski definition) is 10. The number of carbonyl (C=O) groups is 1. The van der Waals surface area contributed by atoms with E-state index in [9.17, 15) is 10.1 Å². The normalized spacial score (nSPS) is 20.8. The zero-order valence-corrected chi connectivity index (χ0v) is 26.3. The van der Waals surface area contributed by atoms with Crippen LogP contribution in [0.2, 0.25) is 0 Å². The lowest BCUT2D eigenvalue weighted by molar-refractivity contribution is -0.142. The van der Waals surface area contributed by atoms with Crippen molar-refractivity contribution in [3.8, 4) is 17.8 Å². The molecule has 10 nitrogen and oxygen atoms in total. The van der Waals surface area contributed by atoms with Crippen molar-refractivity contribution < 1.29 is 14.3 Å². The van der Waals surface area contributed by atoms with Gasteiger partial charge in [-0.25, -0.2) is 0 Å². The maximum absolute atomic E-state index is 12.8. The van der Waals surface area contributed by atoms with Crippen molar-refractivity contribution in [1.82, 2.24) is 20.2 Å². The number of carbonyl (C=O) groups excluding carboxylic acids is 1. The molecule has 3 aromatic rings. The Morgan fingerprint density at radius 1 is 1.14 bits per heavy atom. The largest absolute Gasteiger partial charge is 0.462 e. The molecule has 2 aromatic carbocycles. The van der Waals surface area contributed by atoms with Gasteiger partial charge in [-0.2, -0.15) is 15.2 Å². The van der Waals surface area contributed by atoms with E-state index in [1.54, 1.807) is 0 Å². The molecule has 0 saturated carbocycles. The molecule has 0 amide bonds. The van der Waals surface area contributed by atoms with Crippen LogP contribution in [0, 0.1) is 16.7 Å². The number of ether oxygens (including phenoxy) is 2. The third kappa shape index (κ3) is 6.44. The van der Waals surface area contributed by atoms with Crippen molar-refractivity contribution in [2.45, 2.75) is 65.1 Å². The van der Waals surface area contributed by atoms with E-state index < -0.39 is 5.41 Å². The summed E-state index contributed by atoms with van der Waals surface area (Å²) in [6.45, 7) is 10.9. The second-order valence-electron chi connectivity index (χ2n) is 13.3. The highest BCUT2D eigenvalue weighted by molar-refractivity contribution is 5.96. The summed E-state index contributed by atoms with van der Waals surface area (Å²) in [5, 5.41) is 14.9. The summed E-state index contributed by atoms with van der Waals surface area (Å²) < 4.78 is 12.2. The minimum atomic E-state index is -0.608. The first kappa shape index (κ1) is 30.1. The highest BCUT2D eigenvalue weighted by Crippen LogP contribution is 2.37. The van der Waals surface area contributed by atoms with E-state index in [0.29, 0.717) is 37.4 Å². The summed E-state index contributed by atoms with van der Waals surface area (Å²) in [7, 11) is 2.14. The number of fused-ring (bicyclic) bond motifs is 2. The first-order chi connectivity index (χ1) is 21.2. The molecule has 232 valence electrons. The molecule has 44 heavy (non-hydrogen) atoms. The number of aromatic nitrogens is 2. The van der Waals surface area contributed by atoms with Crippen LogP contribution < -0.4 is 24.6 Å². The van der Waals surface area contributed by atoms with E-state index in [2.05, 4.69) is 45.3 Å². The molecule has 0 radical (unpaired) electrons. The lowest BCUT2D eigenvalue weighted by Crippen LogP contribution is -2.51. The van der Waals surface area contributed by atoms with Gasteiger partial charge in [0.05, 0.1) is 30.1 Å². The Bertz CT molecular complexity index is 1560. The summed E-state index contributed by atoms with van der Waals surface area (Å²) in [5.41, 5.74) is 2.50. The van der Waals surface area contributed by atoms with Crippen LogP contribution in [0.3, 0.4) is 0 Å². The van der Waals surface area contributed by atoms with Gasteiger partial charge in [0.1, 0.15) is 18.2 Å². The SMILES string of the molecule is CN1CCC[C@@H]1COc1nc2c(c(N3CCNC(CC#N)C3)n1)CCN(c1cc(OC(=O)C(C)(C)C)cc3ccccc13)C2. The maximum Gasteiger partial charge on any atom is 0.318 e. The van der Waals surface area contributed by atoms with Gasteiger partial charge in [-0.15, -0.1) is 0 Å². The average molecular weight is 598 g/mol. The van der Waals surface area contributed by atoms with Gasteiger partial charge >= 0.3 is 12.0 Å². The number of hydrogen-bond donors (Lipinski definition) is 1. The molecule has 0 bridgehead atoms. The van der Waals surface area contributed by atoms with Gasteiger partial charge in [-0.3, -0.25) is 4.79 Å². The molecular formula is C34H43N7O3. The van der Waals surface area contributed by atoms with Crippen LogP contribution in [0.1, 0.15) is 51.3 Å². The van der Waals surface area contributed by atoms with Gasteiger partial charge in [0.2, 0.25) is 0 Å². The van der Waals surface area contributed by atoms with Crippen molar-refractivity contribution in [1.29, 1.82) is 5.26 Å². The van der Waals surface area contributed by atoms with Gasteiger partial charge in [-0.05, 0) is 65.1 Å². The number of likely N-dealkylation sites (N-methyl/N-ethyl adjacent to an activating group) is 1. The zero-order valence-electron chi connectivity index (χ0n) is 26.3. The summed E-state index contributed by atoms with van der Waals surface area (Å²) in [6, 6.07) is 15.3. The summed E-state index contributed by atoms with van der Waals surface area (Å²) in [5.74, 6) is 1.20. The first-order valence-electron chi connectivity index (χ1n) is 15.8. The third-order valence-corrected chi connectivity index (χ3v) is 8.97. The molecule has 10 heteroatoms. The zero-order chi connectivity index (χ0) is 30.8. The quantitative estimate of drug-likeness (QED) is 0.313. The Hall–Kier alpha value is -3.94. The molecule has 0 spiro atoms. The third-order valence-electron chi connectivity index (χ3n) is 8.97. The number of benzene rings is 2. The molecule has 1 N–H and O–H groups in total. The van der Waals surface area contributed by atoms with Crippen LogP contribution in [0.5, 0.6) is 11.8 Å². The van der Waals surface area contributed by atoms with E-state index in [1.165, 1.54) is 6.42 Å². The van der Waals surface area contributed by atoms with Crippen molar-refractivity contribution in [3.63, 3.8) is 0 Å². The molecule has 2 fully saturated rings. The molecule has 0 aliphatic carbocycles. The molecule has 6 rings (SSSR count). The molecule has 3 aliphatic rings. The smallest absolute Gasteiger partial charge is 0.318 e. The van der Waals surface area contributed by atoms with Crippen LogP contribution >= 0.6 is 0 Å². The molecule has 2 saturated heterocycles. The van der Waals surface area contributed by atoms with Crippen molar-refractivity contribution in [3.05, 3.63) is 47.7 Å². The van der Waals surface area contributed by atoms with Crippen molar-refractivity contribution in [2.75, 3.05) is 56.2 Å². The lowest BCUT2D eigenvalue weighted by atomic mass is 9.97. The van der Waals surface area contributed by atoms with Crippen LogP contribution in [0.15, 0.2) is 36.4 Å². The number of anilines is 2. The Labute approximate surface area is 260 Å². The van der Waals surface area contributed by atoms with Gasteiger partial charge in [0, 0.05) is 61.0 Å². The van der Waals surface area contributed by atoms with Gasteiger partial charge < -0.3 is 29.5 Å². The summed E-state index contributed by atoms with van der Waals surface area (Å²) in [4.78, 5) is 29.7. The monoisotopic (exact) mass is 597 g/mol. The van der Waals surface area contributed by atoms with E-state index in [4.69, 9.17) is 19.4 Å². The van der Waals surface area contributed by atoms with Crippen LogP contribution in [-0.2, 0) is 17.8 Å².